The molecule has 1 aromatic rings. The molecule has 0 spiro atoms. The first-order valence-electron chi connectivity index (χ1n) is 5.39. The number of anilines is 1. The first-order chi connectivity index (χ1) is 6.91. The minimum absolute atomic E-state index is 0.375. The second-order valence-electron chi connectivity index (χ2n) is 4.14. The predicted molar refractivity (Wildman–Crippen MR) is 66.9 cm³/mol. The smallest absolute Gasteiger partial charge is 0.0522 e. The zero-order valence-electron chi connectivity index (χ0n) is 10.4. The van der Waals surface area contributed by atoms with E-state index < -0.39 is 0 Å². The number of benzene rings is 1. The summed E-state index contributed by atoms with van der Waals surface area (Å²) in [4.78, 5) is 0. The van der Waals surface area contributed by atoms with Gasteiger partial charge in [0.05, 0.1) is 12.2 Å². The highest BCUT2D eigenvalue weighted by Gasteiger charge is 1.94. The van der Waals surface area contributed by atoms with Crippen molar-refractivity contribution < 1.29 is 4.74 Å². The topological polar surface area (TPSA) is 35.2 Å². The molecular formula is C13H23NO. The molecule has 0 heterocycles. The molecule has 0 fully saturated rings. The van der Waals surface area contributed by atoms with Crippen LogP contribution in [-0.2, 0) is 4.74 Å². The first kappa shape index (κ1) is 14.0. The Hall–Kier alpha value is -1.02. The molecular weight excluding hydrogens is 186 g/mol. The van der Waals surface area contributed by atoms with Gasteiger partial charge < -0.3 is 10.5 Å². The SMILES string of the molecule is CC(C)OC(C)C.Cc1ccc(N)cc1. The van der Waals surface area contributed by atoms with Crippen LogP contribution in [0.25, 0.3) is 0 Å². The Bertz CT molecular complexity index is 225. The lowest BCUT2D eigenvalue weighted by Crippen LogP contribution is -2.09. The summed E-state index contributed by atoms with van der Waals surface area (Å²) >= 11 is 0. The van der Waals surface area contributed by atoms with Gasteiger partial charge in [0.2, 0.25) is 0 Å². The van der Waals surface area contributed by atoms with Gasteiger partial charge >= 0.3 is 0 Å². The molecule has 15 heavy (non-hydrogen) atoms. The molecule has 0 aliphatic carbocycles. The molecule has 0 bridgehead atoms. The number of aryl methyl sites for hydroxylation is 1. The maximum absolute atomic E-state index is 5.43. The number of hydrogen-bond acceptors (Lipinski definition) is 2. The van der Waals surface area contributed by atoms with Crippen LogP contribution in [0.5, 0.6) is 0 Å². The molecule has 0 saturated heterocycles. The maximum Gasteiger partial charge on any atom is 0.0522 e. The summed E-state index contributed by atoms with van der Waals surface area (Å²) < 4.78 is 5.25. The van der Waals surface area contributed by atoms with Crippen LogP contribution >= 0.6 is 0 Å². The van der Waals surface area contributed by atoms with Crippen molar-refractivity contribution in [2.24, 2.45) is 0 Å². The lowest BCUT2D eigenvalue weighted by molar-refractivity contribution is 0.0300. The van der Waals surface area contributed by atoms with E-state index >= 15 is 0 Å². The predicted octanol–water partition coefficient (Wildman–Crippen LogP) is 3.40. The zero-order chi connectivity index (χ0) is 11.8. The van der Waals surface area contributed by atoms with Crippen LogP contribution < -0.4 is 5.73 Å². The van der Waals surface area contributed by atoms with E-state index in [1.54, 1.807) is 0 Å². The normalized spacial score (nSPS) is 10.1. The van der Waals surface area contributed by atoms with Crippen LogP contribution in [0.15, 0.2) is 24.3 Å². The summed E-state index contributed by atoms with van der Waals surface area (Å²) in [6.07, 6.45) is 0.750. The monoisotopic (exact) mass is 209 g/mol. The minimum Gasteiger partial charge on any atom is -0.399 e. The van der Waals surface area contributed by atoms with E-state index in [9.17, 15) is 0 Å². The molecule has 86 valence electrons. The number of nitrogens with two attached hydrogens (primary N) is 1. The van der Waals surface area contributed by atoms with Crippen molar-refractivity contribution in [3.63, 3.8) is 0 Å². The van der Waals surface area contributed by atoms with Crippen molar-refractivity contribution in [2.75, 3.05) is 5.73 Å². The molecule has 0 saturated carbocycles. The summed E-state index contributed by atoms with van der Waals surface area (Å²) in [5.74, 6) is 0. The molecule has 1 aromatic carbocycles. The highest BCUT2D eigenvalue weighted by Crippen LogP contribution is 2.02. The van der Waals surface area contributed by atoms with Crippen LogP contribution in [0.3, 0.4) is 0 Å². The highest BCUT2D eigenvalue weighted by molar-refractivity contribution is 5.38. The van der Waals surface area contributed by atoms with Crippen molar-refractivity contribution in [3.05, 3.63) is 29.8 Å². The Morgan fingerprint density at radius 1 is 0.933 bits per heavy atom. The lowest BCUT2D eigenvalue weighted by Gasteiger charge is -2.09. The molecule has 0 amide bonds. The molecule has 2 nitrogen and oxygen atoms in total. The van der Waals surface area contributed by atoms with Crippen molar-refractivity contribution in [1.82, 2.24) is 0 Å². The molecule has 2 N–H and O–H groups in total. The lowest BCUT2D eigenvalue weighted by atomic mass is 10.2. The van der Waals surface area contributed by atoms with Gasteiger partial charge in [-0.3, -0.25) is 0 Å². The Morgan fingerprint density at radius 2 is 1.33 bits per heavy atom. The fourth-order valence-corrected chi connectivity index (χ4v) is 1.11. The van der Waals surface area contributed by atoms with E-state index in [1.807, 2.05) is 58.9 Å². The van der Waals surface area contributed by atoms with Crippen LogP contribution in [0.2, 0.25) is 0 Å². The molecule has 0 atom stereocenters. The van der Waals surface area contributed by atoms with Crippen molar-refractivity contribution in [1.29, 1.82) is 0 Å². The second-order valence-corrected chi connectivity index (χ2v) is 4.14. The summed E-state index contributed by atoms with van der Waals surface area (Å²) in [5, 5.41) is 0. The molecule has 0 radical (unpaired) electrons. The fraction of sp³-hybridized carbons (Fsp3) is 0.538. The summed E-state index contributed by atoms with van der Waals surface area (Å²) in [6, 6.07) is 7.79. The van der Waals surface area contributed by atoms with Gasteiger partial charge in [0.1, 0.15) is 0 Å². The van der Waals surface area contributed by atoms with Gasteiger partial charge in [0, 0.05) is 5.69 Å². The van der Waals surface area contributed by atoms with Gasteiger partial charge in [0.15, 0.2) is 0 Å². The van der Waals surface area contributed by atoms with Crippen LogP contribution in [0.4, 0.5) is 5.69 Å². The van der Waals surface area contributed by atoms with Gasteiger partial charge in [-0.15, -0.1) is 0 Å². The van der Waals surface area contributed by atoms with E-state index in [1.165, 1.54) is 5.56 Å². The fourth-order valence-electron chi connectivity index (χ4n) is 1.11. The maximum atomic E-state index is 5.43. The van der Waals surface area contributed by atoms with Gasteiger partial charge in [-0.25, -0.2) is 0 Å². The number of nitrogen functional groups attached to an aromatic ring is 1. The highest BCUT2D eigenvalue weighted by atomic mass is 16.5. The molecule has 0 aliphatic rings. The van der Waals surface area contributed by atoms with Gasteiger partial charge in [-0.1, -0.05) is 17.7 Å². The molecule has 2 heteroatoms. The van der Waals surface area contributed by atoms with Crippen molar-refractivity contribution in [2.45, 2.75) is 46.8 Å². The first-order valence-corrected chi connectivity index (χ1v) is 5.39. The average molecular weight is 209 g/mol. The van der Waals surface area contributed by atoms with E-state index in [2.05, 4.69) is 0 Å². The molecule has 0 aliphatic heterocycles. The molecule has 1 rings (SSSR count). The Labute approximate surface area is 93.4 Å². The Kier molecular flexibility index (Phi) is 6.80. The number of hydrogen-bond donors (Lipinski definition) is 1. The quantitative estimate of drug-likeness (QED) is 0.758. The van der Waals surface area contributed by atoms with Crippen molar-refractivity contribution >= 4 is 5.69 Å². The summed E-state index contributed by atoms with van der Waals surface area (Å²) in [7, 11) is 0. The van der Waals surface area contributed by atoms with Crippen LogP contribution in [0, 0.1) is 6.92 Å². The molecule has 0 unspecified atom stereocenters. The number of ether oxygens (including phenoxy) is 1. The van der Waals surface area contributed by atoms with Gasteiger partial charge in [-0.05, 0) is 46.8 Å². The van der Waals surface area contributed by atoms with Gasteiger partial charge in [0.25, 0.3) is 0 Å². The average Bonchev–Trinajstić information content (AvgIpc) is 2.09. The third-order valence-electron chi connectivity index (χ3n) is 1.62. The van der Waals surface area contributed by atoms with E-state index in [0.717, 1.165) is 5.69 Å². The van der Waals surface area contributed by atoms with Crippen LogP contribution in [0.1, 0.15) is 33.3 Å². The van der Waals surface area contributed by atoms with Gasteiger partial charge in [-0.2, -0.15) is 0 Å². The van der Waals surface area contributed by atoms with E-state index in [4.69, 9.17) is 10.5 Å². The second kappa shape index (κ2) is 7.30. The third kappa shape index (κ3) is 9.29. The summed E-state index contributed by atoms with van der Waals surface area (Å²) in [6.45, 7) is 10.2. The minimum atomic E-state index is 0.375. The van der Waals surface area contributed by atoms with Crippen LogP contribution in [-0.4, -0.2) is 12.2 Å². The Balaban J connectivity index is 0.000000265. The van der Waals surface area contributed by atoms with E-state index in [0.29, 0.717) is 12.2 Å². The van der Waals surface area contributed by atoms with Crippen molar-refractivity contribution in [3.8, 4) is 0 Å². The molecule has 0 aromatic heterocycles. The third-order valence-corrected chi connectivity index (χ3v) is 1.62. The standard InChI is InChI=1S/C7H9N.C6H14O/c1-6-2-4-7(8)5-3-6;1-5(2)7-6(3)4/h2-5H,8H2,1H3;5-6H,1-4H3. The Morgan fingerprint density at radius 3 is 1.53 bits per heavy atom. The summed E-state index contributed by atoms with van der Waals surface area (Å²) in [5.41, 5.74) is 7.51. The number of rotatable bonds is 2. The zero-order valence-corrected chi connectivity index (χ0v) is 10.4. The van der Waals surface area contributed by atoms with E-state index in [-0.39, 0.29) is 0 Å². The largest absolute Gasteiger partial charge is 0.399 e.